The standard InChI is InChI=1S/C20H42.C9H9O2PS.6CH4.5H3N/c1-13(2)14(3)15(4)16(5)17(6)20(11,12)18(7)19(8,9)10;10-5-7-3-1-2-4-8(7)9(11)12-6-13;;;;;;;;;;;/h13-18H,1-12H3;1-5,12-13H,6H2;6*1H4;5*1H3. The summed E-state index contributed by atoms with van der Waals surface area (Å²) in [6.07, 6.45) is 0.705. The topological polar surface area (TPSA) is 209 Å². The first-order chi connectivity index (χ1) is 15.0. The molecule has 6 atom stereocenters. The van der Waals surface area contributed by atoms with E-state index < -0.39 is 0 Å². The maximum Gasteiger partial charge on any atom is 0.182 e. The van der Waals surface area contributed by atoms with Crippen molar-refractivity contribution in [3.8, 4) is 0 Å². The minimum absolute atomic E-state index is 0. The summed E-state index contributed by atoms with van der Waals surface area (Å²) in [5.41, 5.74) is 2.25. The molecule has 0 amide bonds. The van der Waals surface area contributed by atoms with Crippen LogP contribution in [-0.2, 0) is 0 Å². The van der Waals surface area contributed by atoms with E-state index in [1.54, 1.807) is 24.3 Å². The number of hydrogen-bond acceptors (Lipinski definition) is 8. The third-order valence-electron chi connectivity index (χ3n) is 8.66. The number of aldehydes is 1. The summed E-state index contributed by atoms with van der Waals surface area (Å²) in [5.74, 6) is 4.60. The van der Waals surface area contributed by atoms with Crippen molar-refractivity contribution in [2.45, 2.75) is 128 Å². The summed E-state index contributed by atoms with van der Waals surface area (Å²) in [6, 6.07) is 6.80. The molecule has 15 N–H and O–H groups in total. The van der Waals surface area contributed by atoms with Crippen LogP contribution in [0.5, 0.6) is 0 Å². The van der Waals surface area contributed by atoms with Gasteiger partial charge in [0.2, 0.25) is 0 Å². The monoisotopic (exact) mass is 676 g/mol. The zero-order valence-corrected chi connectivity index (χ0v) is 28.8. The summed E-state index contributed by atoms with van der Waals surface area (Å²) in [4.78, 5) is 22.0. The third kappa shape index (κ3) is 23.5. The molecule has 1 aromatic rings. The molecule has 6 unspecified atom stereocenters. The molecule has 0 fully saturated rings. The molecule has 278 valence electrons. The maximum absolute atomic E-state index is 11.4. The van der Waals surface area contributed by atoms with Gasteiger partial charge in [0.1, 0.15) is 0 Å². The van der Waals surface area contributed by atoms with E-state index in [1.807, 2.05) is 0 Å². The van der Waals surface area contributed by atoms with Gasteiger partial charge in [0.05, 0.1) is 0 Å². The van der Waals surface area contributed by atoms with Crippen LogP contribution >= 0.6 is 21.2 Å². The molecule has 44 heavy (non-hydrogen) atoms. The maximum atomic E-state index is 11.4. The van der Waals surface area contributed by atoms with Crippen molar-refractivity contribution < 1.29 is 9.59 Å². The molecule has 0 heterocycles. The second-order valence-corrected chi connectivity index (χ2v) is 14.0. The highest BCUT2D eigenvalue weighted by molar-refractivity contribution is 7.89. The average Bonchev–Trinajstić information content (AvgIpc) is 2.76. The Labute approximate surface area is 287 Å². The van der Waals surface area contributed by atoms with E-state index in [9.17, 15) is 9.59 Å². The molecular weight excluding hydrogens is 585 g/mol. The lowest BCUT2D eigenvalue weighted by molar-refractivity contribution is 0.00576. The van der Waals surface area contributed by atoms with Gasteiger partial charge < -0.3 is 30.8 Å². The van der Waals surface area contributed by atoms with Crippen LogP contribution in [0.1, 0.15) is 148 Å². The van der Waals surface area contributed by atoms with Crippen molar-refractivity contribution in [1.82, 2.24) is 30.8 Å². The van der Waals surface area contributed by atoms with Crippen LogP contribution in [0.3, 0.4) is 0 Å². The number of hydrogen-bond donors (Lipinski definition) is 6. The highest BCUT2D eigenvalue weighted by Gasteiger charge is 2.41. The first-order valence-electron chi connectivity index (χ1n) is 12.5. The van der Waals surface area contributed by atoms with Gasteiger partial charge in [0.15, 0.2) is 11.8 Å². The van der Waals surface area contributed by atoms with Crippen molar-refractivity contribution in [1.29, 1.82) is 0 Å². The first-order valence-corrected chi connectivity index (χ1v) is 14.3. The van der Waals surface area contributed by atoms with E-state index in [4.69, 9.17) is 0 Å². The quantitative estimate of drug-likeness (QED) is 0.0801. The molecule has 0 aliphatic rings. The van der Waals surface area contributed by atoms with Crippen molar-refractivity contribution in [2.24, 2.45) is 46.3 Å². The van der Waals surface area contributed by atoms with Gasteiger partial charge in [-0.2, -0.15) is 12.6 Å². The van der Waals surface area contributed by atoms with Gasteiger partial charge in [0, 0.05) is 16.6 Å². The number of thiol groups is 1. The van der Waals surface area contributed by atoms with Crippen LogP contribution in [0.2, 0.25) is 0 Å². The molecule has 9 heteroatoms. The summed E-state index contributed by atoms with van der Waals surface area (Å²) < 4.78 is 0. The van der Waals surface area contributed by atoms with Crippen LogP contribution in [-0.4, -0.2) is 17.3 Å². The van der Waals surface area contributed by atoms with E-state index in [0.29, 0.717) is 39.7 Å². The number of carbonyl (C=O) groups is 2. The second-order valence-electron chi connectivity index (χ2n) is 11.9. The summed E-state index contributed by atoms with van der Waals surface area (Å²) in [5, 5.41) is 0. The first kappa shape index (κ1) is 79.0. The minimum atomic E-state index is -0.00213. The molecule has 0 aliphatic carbocycles. The van der Waals surface area contributed by atoms with Gasteiger partial charge in [0.25, 0.3) is 0 Å². The van der Waals surface area contributed by atoms with Gasteiger partial charge in [-0.15, -0.1) is 0 Å². The van der Waals surface area contributed by atoms with Gasteiger partial charge in [-0.25, -0.2) is 0 Å². The molecule has 0 saturated carbocycles. The Hall–Kier alpha value is -0.860. The molecule has 1 aromatic carbocycles. The second kappa shape index (κ2) is 35.0. The fourth-order valence-electron chi connectivity index (χ4n) is 4.70. The number of benzene rings is 1. The largest absolute Gasteiger partial charge is 0.344 e. The van der Waals surface area contributed by atoms with Crippen LogP contribution in [0.15, 0.2) is 24.3 Å². The Kier molecular flexibility index (Phi) is 62.8. The highest BCUT2D eigenvalue weighted by atomic mass is 32.1. The van der Waals surface area contributed by atoms with E-state index in [0.717, 1.165) is 29.6 Å². The minimum Gasteiger partial charge on any atom is -0.344 e. The molecule has 7 nitrogen and oxygen atoms in total. The number of carbonyl (C=O) groups excluding carboxylic acids is 2. The zero-order chi connectivity index (χ0) is 26.1. The Morgan fingerprint density at radius 1 is 0.727 bits per heavy atom. The van der Waals surface area contributed by atoms with Crippen molar-refractivity contribution in [3.05, 3.63) is 35.4 Å². The lowest BCUT2D eigenvalue weighted by atomic mass is 9.57. The SMILES string of the molecule is C.C.C.C.C.C.CC(C)C(C)C(C)C(C)C(C)C(C)(C)C(C)C(C)(C)C.N.N.N.N.N.O=Cc1ccccc1C(=O)PCS. The Morgan fingerprint density at radius 3 is 1.43 bits per heavy atom. The van der Waals surface area contributed by atoms with Crippen LogP contribution < -0.4 is 30.8 Å². The normalized spacial score (nSPS) is 12.9. The third-order valence-corrected chi connectivity index (χ3v) is 9.88. The summed E-state index contributed by atoms with van der Waals surface area (Å²) >= 11 is 3.98. The van der Waals surface area contributed by atoms with Gasteiger partial charge in [-0.05, 0) is 54.9 Å². The number of rotatable bonds is 10. The average molecular weight is 676 g/mol. The smallest absolute Gasteiger partial charge is 0.182 e. The lowest BCUT2D eigenvalue weighted by Crippen LogP contribution is -2.41. The predicted molar refractivity (Wildman–Crippen MR) is 218 cm³/mol. The van der Waals surface area contributed by atoms with E-state index in [-0.39, 0.29) is 89.4 Å². The van der Waals surface area contributed by atoms with Crippen LogP contribution in [0, 0.1) is 46.3 Å². The predicted octanol–water partition coefficient (Wildman–Crippen LogP) is 13.7. The van der Waals surface area contributed by atoms with Crippen molar-refractivity contribution >= 4 is 33.0 Å². The van der Waals surface area contributed by atoms with Crippen molar-refractivity contribution in [2.75, 3.05) is 5.49 Å². The van der Waals surface area contributed by atoms with Crippen LogP contribution in [0.4, 0.5) is 0 Å². The van der Waals surface area contributed by atoms with E-state index in [2.05, 4.69) is 95.7 Å². The molecule has 0 saturated heterocycles. The fraction of sp³-hybridized carbons (Fsp3) is 0.771. The molecule has 0 bridgehead atoms. The van der Waals surface area contributed by atoms with E-state index in [1.165, 1.54) is 0 Å². The highest BCUT2D eigenvalue weighted by Crippen LogP contribution is 2.49. The molecular formula is C35H90N5O2PS. The Bertz CT molecular complexity index is 759. The molecule has 0 spiro atoms. The van der Waals surface area contributed by atoms with Crippen molar-refractivity contribution in [3.63, 3.8) is 0 Å². The summed E-state index contributed by atoms with van der Waals surface area (Å²) in [6.45, 7) is 29.1. The molecule has 1 rings (SSSR count). The lowest BCUT2D eigenvalue weighted by Gasteiger charge is -2.48. The van der Waals surface area contributed by atoms with Crippen LogP contribution in [0.25, 0.3) is 0 Å². The molecule has 0 aromatic heterocycles. The van der Waals surface area contributed by atoms with Gasteiger partial charge in [-0.3, -0.25) is 9.59 Å². The molecule has 0 radical (unpaired) electrons. The Balaban J connectivity index is -0.0000000388. The van der Waals surface area contributed by atoms with E-state index >= 15 is 0 Å². The van der Waals surface area contributed by atoms with Gasteiger partial charge in [-0.1, -0.05) is 152 Å². The Morgan fingerprint density at radius 2 is 1.11 bits per heavy atom. The fourth-order valence-corrected chi connectivity index (χ4v) is 5.70. The van der Waals surface area contributed by atoms with Gasteiger partial charge >= 0.3 is 0 Å². The molecule has 0 aliphatic heterocycles. The summed E-state index contributed by atoms with van der Waals surface area (Å²) in [7, 11) is 0.132. The zero-order valence-electron chi connectivity index (χ0n) is 26.9.